The third-order valence-electron chi connectivity index (χ3n) is 16.6. The first kappa shape index (κ1) is 87.1. The van der Waals surface area contributed by atoms with Crippen LogP contribution in [0.15, 0.2) is 0 Å². The van der Waals surface area contributed by atoms with Gasteiger partial charge in [0, 0.05) is 25.7 Å². The first-order valence-electron chi connectivity index (χ1n) is 36.5. The summed E-state index contributed by atoms with van der Waals surface area (Å²) in [5.74, 6) is -0.686. The van der Waals surface area contributed by atoms with Gasteiger partial charge in [-0.15, -0.1) is 0 Å². The molecule has 89 heavy (non-hydrogen) atoms. The van der Waals surface area contributed by atoms with Crippen LogP contribution in [0.1, 0.15) is 356 Å². The quantitative estimate of drug-likeness (QED) is 0.0222. The number of unbranched alkanes of at least 4 members (excludes halogenated alkanes) is 38. The van der Waals surface area contributed by atoms with Gasteiger partial charge in [-0.1, -0.05) is 305 Å². The van der Waals surface area contributed by atoms with Crippen molar-refractivity contribution in [3.63, 3.8) is 0 Å². The average Bonchev–Trinajstić information content (AvgIpc) is 3.53. The van der Waals surface area contributed by atoms with Crippen molar-refractivity contribution in [1.29, 1.82) is 0 Å². The lowest BCUT2D eigenvalue weighted by Gasteiger charge is -2.21. The SMILES string of the molecule is CCCCCCCCCCCCCCCCCCCCCCC(=O)O[C@H](COC(=O)CCCCCCCCCCC(C)CC)COP(=O)(O)OC[C@@H](O)COP(=O)(O)OC[C@@H](COC(=O)CCCCCCCCCC)OC(=O)CCCCCCCCC(C)C. The highest BCUT2D eigenvalue weighted by atomic mass is 31.2. The summed E-state index contributed by atoms with van der Waals surface area (Å²) in [7, 11) is -9.89. The number of aliphatic hydroxyl groups excluding tert-OH is 1. The Bertz CT molecular complexity index is 1740. The summed E-state index contributed by atoms with van der Waals surface area (Å²) in [5, 5.41) is 10.6. The summed E-state index contributed by atoms with van der Waals surface area (Å²) in [4.78, 5) is 72.4. The molecular weight excluding hydrogens is 1170 g/mol. The van der Waals surface area contributed by atoms with Crippen molar-refractivity contribution in [2.45, 2.75) is 374 Å². The number of phosphoric acid groups is 2. The number of ether oxygens (including phenoxy) is 4. The highest BCUT2D eigenvalue weighted by Gasteiger charge is 2.30. The minimum atomic E-state index is -4.95. The lowest BCUT2D eigenvalue weighted by molar-refractivity contribution is -0.161. The molecule has 6 atom stereocenters. The maximum Gasteiger partial charge on any atom is 0.472 e. The maximum absolute atomic E-state index is 13.0. The predicted octanol–water partition coefficient (Wildman–Crippen LogP) is 20.0. The molecule has 0 saturated carbocycles. The van der Waals surface area contributed by atoms with Crippen molar-refractivity contribution in [1.82, 2.24) is 0 Å². The number of aliphatic hydroxyl groups is 1. The fourth-order valence-electron chi connectivity index (χ4n) is 10.6. The van der Waals surface area contributed by atoms with Crippen LogP contribution in [-0.2, 0) is 65.4 Å². The molecule has 0 fully saturated rings. The summed E-state index contributed by atoms with van der Waals surface area (Å²) < 4.78 is 68.1. The number of hydrogen-bond donors (Lipinski definition) is 3. The van der Waals surface area contributed by atoms with Crippen molar-refractivity contribution in [3.8, 4) is 0 Å². The Hall–Kier alpha value is -1.94. The minimum absolute atomic E-state index is 0.102. The van der Waals surface area contributed by atoms with E-state index in [0.29, 0.717) is 31.6 Å². The molecule has 0 rings (SSSR count). The lowest BCUT2D eigenvalue weighted by atomic mass is 9.99. The summed E-state index contributed by atoms with van der Waals surface area (Å²) in [6.07, 6.45) is 47.5. The standard InChI is InChI=1S/C70H136O17P2/c1-7-10-12-14-16-18-19-20-21-22-23-24-25-26-27-28-29-35-42-48-54-69(74)86-65(58-81-68(73)53-47-41-34-31-30-32-39-45-51-63(6)9-3)60-84-88(76,77)82-56-64(71)57-83-89(78,79)85-61-66(59-80-67(72)52-46-40-33-17-15-13-11-8-2)87-70(75)55-49-43-37-36-38-44-50-62(4)5/h62-66,71H,7-61H2,1-6H3,(H,76,77)(H,78,79)/t63?,64-,65-,66-/m1/s1. The van der Waals surface area contributed by atoms with Gasteiger partial charge in [0.05, 0.1) is 26.4 Å². The molecule has 0 aromatic carbocycles. The second kappa shape index (κ2) is 62.2. The molecule has 19 heteroatoms. The fourth-order valence-corrected chi connectivity index (χ4v) is 12.1. The van der Waals surface area contributed by atoms with Crippen LogP contribution in [0.4, 0.5) is 0 Å². The molecule has 0 radical (unpaired) electrons. The van der Waals surface area contributed by atoms with Gasteiger partial charge in [0.25, 0.3) is 0 Å². The highest BCUT2D eigenvalue weighted by Crippen LogP contribution is 2.45. The van der Waals surface area contributed by atoms with Crippen LogP contribution in [0.5, 0.6) is 0 Å². The second-order valence-corrected chi connectivity index (χ2v) is 28.9. The second-order valence-electron chi connectivity index (χ2n) is 26.0. The molecule has 0 heterocycles. The van der Waals surface area contributed by atoms with Crippen LogP contribution >= 0.6 is 15.6 Å². The van der Waals surface area contributed by atoms with E-state index < -0.39 is 97.5 Å². The Labute approximate surface area is 543 Å². The van der Waals surface area contributed by atoms with Gasteiger partial charge >= 0.3 is 39.5 Å². The Kier molecular flexibility index (Phi) is 60.8. The Morgan fingerprint density at radius 3 is 0.854 bits per heavy atom. The number of carbonyl (C=O) groups excluding carboxylic acids is 4. The van der Waals surface area contributed by atoms with E-state index >= 15 is 0 Å². The van der Waals surface area contributed by atoms with Crippen molar-refractivity contribution < 1.29 is 80.2 Å². The van der Waals surface area contributed by atoms with Gasteiger partial charge < -0.3 is 33.8 Å². The molecule has 0 amide bonds. The largest absolute Gasteiger partial charge is 0.472 e. The monoisotopic (exact) mass is 1310 g/mol. The molecule has 3 N–H and O–H groups in total. The van der Waals surface area contributed by atoms with E-state index in [1.54, 1.807) is 0 Å². The fraction of sp³-hybridized carbons (Fsp3) is 0.943. The van der Waals surface area contributed by atoms with Crippen LogP contribution in [0, 0.1) is 11.8 Å². The Balaban J connectivity index is 5.16. The van der Waals surface area contributed by atoms with Crippen molar-refractivity contribution >= 4 is 39.5 Å². The van der Waals surface area contributed by atoms with Crippen molar-refractivity contribution in [3.05, 3.63) is 0 Å². The van der Waals surface area contributed by atoms with Crippen LogP contribution in [0.3, 0.4) is 0 Å². The van der Waals surface area contributed by atoms with Crippen molar-refractivity contribution in [2.75, 3.05) is 39.6 Å². The van der Waals surface area contributed by atoms with Gasteiger partial charge in [0.2, 0.25) is 0 Å². The summed E-state index contributed by atoms with van der Waals surface area (Å²) in [6, 6.07) is 0. The van der Waals surface area contributed by atoms with E-state index in [1.807, 2.05) is 0 Å². The molecule has 528 valence electrons. The molecule has 0 aliphatic carbocycles. The van der Waals surface area contributed by atoms with Gasteiger partial charge in [0.1, 0.15) is 19.3 Å². The van der Waals surface area contributed by atoms with Gasteiger partial charge in [0.15, 0.2) is 12.2 Å². The zero-order valence-electron chi connectivity index (χ0n) is 57.7. The highest BCUT2D eigenvalue weighted by molar-refractivity contribution is 7.47. The summed E-state index contributed by atoms with van der Waals surface area (Å²) >= 11 is 0. The Morgan fingerprint density at radius 1 is 0.326 bits per heavy atom. The normalized spacial score (nSPS) is 14.4. The number of esters is 4. The molecule has 0 aliphatic rings. The topological polar surface area (TPSA) is 237 Å². The third-order valence-corrected chi connectivity index (χ3v) is 18.5. The minimum Gasteiger partial charge on any atom is -0.462 e. The lowest BCUT2D eigenvalue weighted by Crippen LogP contribution is -2.30. The van der Waals surface area contributed by atoms with E-state index in [0.717, 1.165) is 102 Å². The van der Waals surface area contributed by atoms with E-state index in [9.17, 15) is 43.2 Å². The molecule has 0 aromatic heterocycles. The smallest absolute Gasteiger partial charge is 0.462 e. The third kappa shape index (κ3) is 63.2. The molecular formula is C70H136O17P2. The molecule has 0 bridgehead atoms. The van der Waals surface area contributed by atoms with Crippen molar-refractivity contribution in [2.24, 2.45) is 11.8 Å². The van der Waals surface area contributed by atoms with E-state index in [-0.39, 0.29) is 25.7 Å². The molecule has 0 saturated heterocycles. The Morgan fingerprint density at radius 2 is 0.573 bits per heavy atom. The molecule has 17 nitrogen and oxygen atoms in total. The van der Waals surface area contributed by atoms with Gasteiger partial charge in [-0.3, -0.25) is 37.3 Å². The maximum atomic E-state index is 13.0. The number of rotatable bonds is 69. The first-order chi connectivity index (χ1) is 42.9. The van der Waals surface area contributed by atoms with E-state index in [2.05, 4.69) is 41.5 Å². The zero-order valence-corrected chi connectivity index (χ0v) is 59.5. The number of phosphoric ester groups is 2. The molecule has 0 aliphatic heterocycles. The van der Waals surface area contributed by atoms with Gasteiger partial charge in [-0.05, 0) is 37.5 Å². The van der Waals surface area contributed by atoms with Crippen LogP contribution in [-0.4, -0.2) is 96.7 Å². The first-order valence-corrected chi connectivity index (χ1v) is 39.5. The zero-order chi connectivity index (χ0) is 65.7. The van der Waals surface area contributed by atoms with Crippen LogP contribution < -0.4 is 0 Å². The number of carbonyl (C=O) groups is 4. The van der Waals surface area contributed by atoms with Gasteiger partial charge in [-0.25, -0.2) is 9.13 Å². The summed E-state index contributed by atoms with van der Waals surface area (Å²) in [5.41, 5.74) is 0. The van der Waals surface area contributed by atoms with E-state index in [4.69, 9.17) is 37.0 Å². The van der Waals surface area contributed by atoms with Crippen LogP contribution in [0.25, 0.3) is 0 Å². The summed E-state index contributed by atoms with van der Waals surface area (Å²) in [6.45, 7) is 9.42. The molecule has 0 spiro atoms. The number of hydrogen-bond acceptors (Lipinski definition) is 15. The van der Waals surface area contributed by atoms with Crippen LogP contribution in [0.2, 0.25) is 0 Å². The molecule has 0 aromatic rings. The van der Waals surface area contributed by atoms with Gasteiger partial charge in [-0.2, -0.15) is 0 Å². The predicted molar refractivity (Wildman–Crippen MR) is 358 cm³/mol. The van der Waals surface area contributed by atoms with E-state index in [1.165, 1.54) is 167 Å². The molecule has 3 unspecified atom stereocenters. The average molecular weight is 1310 g/mol.